The van der Waals surface area contributed by atoms with Crippen molar-refractivity contribution in [2.24, 2.45) is 0 Å². The summed E-state index contributed by atoms with van der Waals surface area (Å²) in [6.07, 6.45) is 3.03. The first kappa shape index (κ1) is 11.9. The highest BCUT2D eigenvalue weighted by Gasteiger charge is 2.12. The van der Waals surface area contributed by atoms with Crippen molar-refractivity contribution in [3.8, 4) is 6.07 Å². The van der Waals surface area contributed by atoms with Gasteiger partial charge in [-0.1, -0.05) is 0 Å². The first-order chi connectivity index (χ1) is 8.69. The maximum atomic E-state index is 11.8. The van der Waals surface area contributed by atoms with E-state index in [1.807, 2.05) is 13.0 Å². The van der Waals surface area contributed by atoms with Crippen molar-refractivity contribution < 1.29 is 4.79 Å². The van der Waals surface area contributed by atoms with Gasteiger partial charge < -0.3 is 10.3 Å². The van der Waals surface area contributed by atoms with Crippen LogP contribution in [0.3, 0.4) is 0 Å². The Kier molecular flexibility index (Phi) is 3.38. The molecule has 2 aromatic heterocycles. The third-order valence-electron chi connectivity index (χ3n) is 2.36. The first-order valence-corrected chi connectivity index (χ1v) is 5.41. The van der Waals surface area contributed by atoms with Crippen LogP contribution in [0.25, 0.3) is 0 Å². The maximum Gasteiger partial charge on any atom is 0.267 e. The summed E-state index contributed by atoms with van der Waals surface area (Å²) >= 11 is 0. The molecule has 7 heteroatoms. The largest absolute Gasteiger partial charge is 0.346 e. The molecule has 2 rings (SSSR count). The molecular formula is C11H12N6O. The summed E-state index contributed by atoms with van der Waals surface area (Å²) in [4.78, 5) is 18.4. The molecule has 0 saturated carbocycles. The summed E-state index contributed by atoms with van der Waals surface area (Å²) < 4.78 is 1.64. The first-order valence-electron chi connectivity index (χ1n) is 5.41. The lowest BCUT2D eigenvalue weighted by Gasteiger charge is -2.12. The van der Waals surface area contributed by atoms with Crippen molar-refractivity contribution >= 4 is 5.91 Å². The minimum absolute atomic E-state index is 0.0898. The molecule has 1 atom stereocenters. The van der Waals surface area contributed by atoms with Gasteiger partial charge in [0.2, 0.25) is 0 Å². The Labute approximate surface area is 103 Å². The molecule has 0 aromatic carbocycles. The van der Waals surface area contributed by atoms with Crippen molar-refractivity contribution in [1.29, 1.82) is 5.26 Å². The van der Waals surface area contributed by atoms with Crippen LogP contribution < -0.4 is 5.32 Å². The lowest BCUT2D eigenvalue weighted by Crippen LogP contribution is -2.36. The number of aromatic nitrogens is 4. The fourth-order valence-electron chi connectivity index (χ4n) is 1.55. The maximum absolute atomic E-state index is 11.8. The zero-order chi connectivity index (χ0) is 13.0. The van der Waals surface area contributed by atoms with Gasteiger partial charge in [-0.25, -0.2) is 4.98 Å². The number of H-pyrrole nitrogens is 1. The van der Waals surface area contributed by atoms with Gasteiger partial charge in [0.1, 0.15) is 30.1 Å². The van der Waals surface area contributed by atoms with Crippen LogP contribution in [-0.2, 0) is 6.54 Å². The highest BCUT2D eigenvalue weighted by atomic mass is 16.1. The van der Waals surface area contributed by atoms with Crippen molar-refractivity contribution in [3.05, 3.63) is 36.2 Å². The van der Waals surface area contributed by atoms with E-state index in [4.69, 9.17) is 5.26 Å². The van der Waals surface area contributed by atoms with E-state index in [2.05, 4.69) is 20.4 Å². The molecule has 2 N–H and O–H groups in total. The molecule has 0 aliphatic heterocycles. The Hall–Kier alpha value is -2.62. The van der Waals surface area contributed by atoms with Crippen molar-refractivity contribution in [2.75, 3.05) is 0 Å². The van der Waals surface area contributed by atoms with Gasteiger partial charge in [-0.05, 0) is 19.1 Å². The monoisotopic (exact) mass is 244 g/mol. The second kappa shape index (κ2) is 5.14. The molecule has 0 spiro atoms. The standard InChI is InChI=1S/C11H12N6O/c1-8(5-17-7-13-6-14-17)15-11(18)10-3-2-9(4-12)16-10/h2-3,6-8,16H,5H2,1H3,(H,15,18). The van der Waals surface area contributed by atoms with E-state index in [-0.39, 0.29) is 11.9 Å². The summed E-state index contributed by atoms with van der Waals surface area (Å²) in [6, 6.07) is 4.99. The topological polar surface area (TPSA) is 99.4 Å². The number of nitrogens with one attached hydrogen (secondary N) is 2. The van der Waals surface area contributed by atoms with Crippen LogP contribution in [-0.4, -0.2) is 31.7 Å². The number of carbonyl (C=O) groups excluding carboxylic acids is 1. The molecule has 2 aromatic rings. The van der Waals surface area contributed by atoms with Gasteiger partial charge in [0.05, 0.1) is 6.54 Å². The molecule has 0 saturated heterocycles. The second-order valence-electron chi connectivity index (χ2n) is 3.89. The molecule has 0 radical (unpaired) electrons. The van der Waals surface area contributed by atoms with Crippen LogP contribution in [0.15, 0.2) is 24.8 Å². The molecule has 1 unspecified atom stereocenters. The Bertz CT molecular complexity index is 565. The quantitative estimate of drug-likeness (QED) is 0.807. The third kappa shape index (κ3) is 2.74. The number of aromatic amines is 1. The molecule has 0 bridgehead atoms. The van der Waals surface area contributed by atoms with Crippen LogP contribution in [0.5, 0.6) is 0 Å². The van der Waals surface area contributed by atoms with E-state index >= 15 is 0 Å². The minimum Gasteiger partial charge on any atom is -0.346 e. The second-order valence-corrected chi connectivity index (χ2v) is 3.89. The van der Waals surface area contributed by atoms with E-state index in [1.165, 1.54) is 6.33 Å². The van der Waals surface area contributed by atoms with Crippen molar-refractivity contribution in [2.45, 2.75) is 19.5 Å². The average Bonchev–Trinajstić information content (AvgIpc) is 2.98. The molecule has 2 heterocycles. The number of hydrogen-bond acceptors (Lipinski definition) is 4. The van der Waals surface area contributed by atoms with E-state index in [0.717, 1.165) is 0 Å². The van der Waals surface area contributed by atoms with Crippen LogP contribution >= 0.6 is 0 Å². The number of carbonyl (C=O) groups is 1. The highest BCUT2D eigenvalue weighted by Crippen LogP contribution is 2.01. The normalized spacial score (nSPS) is 11.8. The van der Waals surface area contributed by atoms with Gasteiger partial charge in [0, 0.05) is 6.04 Å². The molecule has 0 fully saturated rings. The Morgan fingerprint density at radius 1 is 1.67 bits per heavy atom. The molecular weight excluding hydrogens is 232 g/mol. The summed E-state index contributed by atoms with van der Waals surface area (Å²) in [7, 11) is 0. The number of nitrogens with zero attached hydrogens (tertiary/aromatic N) is 4. The van der Waals surface area contributed by atoms with E-state index in [0.29, 0.717) is 17.9 Å². The summed E-state index contributed by atoms with van der Waals surface area (Å²) in [5, 5.41) is 15.4. The lowest BCUT2D eigenvalue weighted by atomic mass is 10.3. The van der Waals surface area contributed by atoms with Crippen LogP contribution in [0.2, 0.25) is 0 Å². The number of hydrogen-bond donors (Lipinski definition) is 2. The summed E-state index contributed by atoms with van der Waals surface area (Å²) in [5.41, 5.74) is 0.737. The Balaban J connectivity index is 1.93. The van der Waals surface area contributed by atoms with Gasteiger partial charge in [0.25, 0.3) is 5.91 Å². The average molecular weight is 244 g/mol. The molecule has 0 aliphatic carbocycles. The summed E-state index contributed by atoms with van der Waals surface area (Å²) in [6.45, 7) is 2.41. The predicted molar refractivity (Wildman–Crippen MR) is 62.5 cm³/mol. The zero-order valence-electron chi connectivity index (χ0n) is 9.79. The minimum atomic E-state index is -0.246. The van der Waals surface area contributed by atoms with Gasteiger partial charge >= 0.3 is 0 Å². The van der Waals surface area contributed by atoms with Gasteiger partial charge in [0.15, 0.2) is 0 Å². The van der Waals surface area contributed by atoms with E-state index in [9.17, 15) is 4.79 Å². The van der Waals surface area contributed by atoms with Gasteiger partial charge in [-0.15, -0.1) is 0 Å². The number of amides is 1. The van der Waals surface area contributed by atoms with Gasteiger partial charge in [-0.2, -0.15) is 10.4 Å². The zero-order valence-corrected chi connectivity index (χ0v) is 9.79. The molecule has 0 aliphatic rings. The Morgan fingerprint density at radius 2 is 2.50 bits per heavy atom. The van der Waals surface area contributed by atoms with Crippen molar-refractivity contribution in [1.82, 2.24) is 25.1 Å². The van der Waals surface area contributed by atoms with Gasteiger partial charge in [-0.3, -0.25) is 9.48 Å². The van der Waals surface area contributed by atoms with E-state index < -0.39 is 0 Å². The van der Waals surface area contributed by atoms with Crippen molar-refractivity contribution in [3.63, 3.8) is 0 Å². The summed E-state index contributed by atoms with van der Waals surface area (Å²) in [5.74, 6) is -0.246. The number of rotatable bonds is 4. The third-order valence-corrected chi connectivity index (χ3v) is 2.36. The fourth-order valence-corrected chi connectivity index (χ4v) is 1.55. The van der Waals surface area contributed by atoms with Crippen LogP contribution in [0, 0.1) is 11.3 Å². The van der Waals surface area contributed by atoms with Crippen LogP contribution in [0.4, 0.5) is 0 Å². The molecule has 92 valence electrons. The fraction of sp³-hybridized carbons (Fsp3) is 0.273. The van der Waals surface area contributed by atoms with Crippen LogP contribution in [0.1, 0.15) is 23.1 Å². The Morgan fingerprint density at radius 3 is 3.11 bits per heavy atom. The highest BCUT2D eigenvalue weighted by molar-refractivity contribution is 5.92. The smallest absolute Gasteiger partial charge is 0.267 e. The van der Waals surface area contributed by atoms with E-state index in [1.54, 1.807) is 23.1 Å². The molecule has 18 heavy (non-hydrogen) atoms. The number of nitriles is 1. The SMILES string of the molecule is CC(Cn1cncn1)NC(=O)c1ccc(C#N)[nH]1. The lowest BCUT2D eigenvalue weighted by molar-refractivity contribution is 0.0931. The molecule has 1 amide bonds. The molecule has 7 nitrogen and oxygen atoms in total. The predicted octanol–water partition coefficient (Wildman–Crippen LogP) is 0.296.